The molecule has 3 aliphatic rings. The maximum Gasteiger partial charge on any atom is 0.232 e. The van der Waals surface area contributed by atoms with Gasteiger partial charge in [0.2, 0.25) is 5.95 Å². The maximum atomic E-state index is 5.79. The largest absolute Gasteiger partial charge is 0.381 e. The van der Waals surface area contributed by atoms with Crippen molar-refractivity contribution in [1.82, 2.24) is 15.3 Å². The minimum atomic E-state index is -0.00899. The molecule has 0 bridgehead atoms. The quantitative estimate of drug-likeness (QED) is 0.409. The van der Waals surface area contributed by atoms with Crippen molar-refractivity contribution in [3.8, 4) is 0 Å². The van der Waals surface area contributed by atoms with Gasteiger partial charge in [0.25, 0.3) is 0 Å². The van der Waals surface area contributed by atoms with Crippen molar-refractivity contribution < 1.29 is 4.74 Å². The lowest BCUT2D eigenvalue weighted by molar-refractivity contribution is 0.0515. The van der Waals surface area contributed by atoms with E-state index >= 15 is 0 Å². The van der Waals surface area contributed by atoms with Gasteiger partial charge in [-0.1, -0.05) is 61.5 Å². The van der Waals surface area contributed by atoms with E-state index in [1.165, 1.54) is 29.5 Å². The molecule has 7 nitrogen and oxygen atoms in total. The number of ether oxygens (including phenoxy) is 1. The van der Waals surface area contributed by atoms with Crippen molar-refractivity contribution in [1.29, 1.82) is 0 Å². The van der Waals surface area contributed by atoms with Crippen LogP contribution < -0.4 is 20.4 Å². The van der Waals surface area contributed by atoms with Gasteiger partial charge < -0.3 is 25.2 Å². The molecule has 2 saturated heterocycles. The normalized spacial score (nSPS) is 19.0. The Balaban J connectivity index is 1.20. The predicted octanol–water partition coefficient (Wildman–Crippen LogP) is 5.27. The molecule has 3 aliphatic heterocycles. The molecule has 1 aromatic heterocycles. The first-order valence-electron chi connectivity index (χ1n) is 14.2. The fourth-order valence-corrected chi connectivity index (χ4v) is 6.21. The van der Waals surface area contributed by atoms with Crippen LogP contribution in [0, 0.1) is 5.92 Å². The number of benzene rings is 2. The second kappa shape index (κ2) is 11.5. The topological polar surface area (TPSA) is 65.5 Å². The van der Waals surface area contributed by atoms with Crippen LogP contribution in [0.15, 0.2) is 60.7 Å². The van der Waals surface area contributed by atoms with Crippen LogP contribution in [0.1, 0.15) is 49.3 Å². The van der Waals surface area contributed by atoms with Gasteiger partial charge in [-0.15, -0.1) is 0 Å². The molecule has 6 rings (SSSR count). The summed E-state index contributed by atoms with van der Waals surface area (Å²) in [5.74, 6) is 3.21. The molecule has 8 heteroatoms. The van der Waals surface area contributed by atoms with Crippen molar-refractivity contribution >= 4 is 34.9 Å². The third kappa shape index (κ3) is 5.87. The van der Waals surface area contributed by atoms with Crippen LogP contribution >= 0.6 is 12.2 Å². The predicted molar refractivity (Wildman–Crippen MR) is 161 cm³/mol. The first kappa shape index (κ1) is 26.0. The minimum Gasteiger partial charge on any atom is -0.381 e. The van der Waals surface area contributed by atoms with E-state index in [9.17, 15) is 0 Å². The summed E-state index contributed by atoms with van der Waals surface area (Å²) < 4.78 is 5.71. The SMILES string of the molecule is CC1CCN(c2cc(N3Cc4ccccc4C3)nc(NC(=S)NCC3(c4ccccc4)CCOCC3)n2)CC1. The van der Waals surface area contributed by atoms with Crippen molar-refractivity contribution in [3.63, 3.8) is 0 Å². The lowest BCUT2D eigenvalue weighted by atomic mass is 9.74. The van der Waals surface area contributed by atoms with Gasteiger partial charge in [0.05, 0.1) is 0 Å². The lowest BCUT2D eigenvalue weighted by Crippen LogP contribution is -2.45. The van der Waals surface area contributed by atoms with Gasteiger partial charge in [0, 0.05) is 57.4 Å². The number of anilines is 3. The molecular formula is C31H38N6OS. The van der Waals surface area contributed by atoms with Crippen LogP contribution in [0.25, 0.3) is 0 Å². The molecule has 2 N–H and O–H groups in total. The summed E-state index contributed by atoms with van der Waals surface area (Å²) in [5.41, 5.74) is 4.04. The van der Waals surface area contributed by atoms with Crippen LogP contribution in [-0.2, 0) is 23.2 Å². The highest BCUT2D eigenvalue weighted by Crippen LogP contribution is 2.34. The van der Waals surface area contributed by atoms with Crippen molar-refractivity contribution in [2.75, 3.05) is 48.0 Å². The molecule has 0 saturated carbocycles. The van der Waals surface area contributed by atoms with E-state index in [0.717, 1.165) is 76.3 Å². The Kier molecular flexibility index (Phi) is 7.66. The van der Waals surface area contributed by atoms with Crippen LogP contribution in [0.2, 0.25) is 0 Å². The third-order valence-electron chi connectivity index (χ3n) is 8.62. The van der Waals surface area contributed by atoms with Gasteiger partial charge in [-0.05, 0) is 60.5 Å². The summed E-state index contributed by atoms with van der Waals surface area (Å²) in [6.45, 7) is 8.34. The van der Waals surface area contributed by atoms with Crippen LogP contribution in [0.5, 0.6) is 0 Å². The maximum absolute atomic E-state index is 5.79. The second-order valence-electron chi connectivity index (χ2n) is 11.3. The molecule has 0 atom stereocenters. The number of nitrogens with one attached hydrogen (secondary N) is 2. The van der Waals surface area contributed by atoms with Crippen molar-refractivity contribution in [2.24, 2.45) is 5.92 Å². The molecule has 0 radical (unpaired) electrons. The average molecular weight is 543 g/mol. The van der Waals surface area contributed by atoms with Crippen molar-refractivity contribution in [2.45, 2.75) is 51.1 Å². The average Bonchev–Trinajstić information content (AvgIpc) is 3.42. The summed E-state index contributed by atoms with van der Waals surface area (Å²) >= 11 is 5.79. The van der Waals surface area contributed by atoms with Gasteiger partial charge in [-0.3, -0.25) is 0 Å². The zero-order valence-electron chi connectivity index (χ0n) is 22.7. The number of piperidine rings is 1. The standard InChI is InChI=1S/C31H38N6OS/c1-23-11-15-36(16-12-23)27-19-28(37-20-24-7-5-6-8-25(24)21-37)34-29(33-27)35-30(39)32-22-31(13-17-38-18-14-31)26-9-3-2-4-10-26/h2-10,19,23H,11-18,20-22H2,1H3,(H2,32,33,34,35,39). The highest BCUT2D eigenvalue weighted by molar-refractivity contribution is 7.80. The summed E-state index contributed by atoms with van der Waals surface area (Å²) in [4.78, 5) is 14.6. The molecule has 2 fully saturated rings. The molecule has 0 amide bonds. The highest BCUT2D eigenvalue weighted by atomic mass is 32.1. The number of hydrogen-bond acceptors (Lipinski definition) is 6. The minimum absolute atomic E-state index is 0.00899. The monoisotopic (exact) mass is 542 g/mol. The summed E-state index contributed by atoms with van der Waals surface area (Å²) in [7, 11) is 0. The molecule has 0 aliphatic carbocycles. The Morgan fingerprint density at radius 3 is 2.21 bits per heavy atom. The Labute approximate surface area is 237 Å². The van der Waals surface area contributed by atoms with Crippen LogP contribution in [-0.4, -0.2) is 47.9 Å². The smallest absolute Gasteiger partial charge is 0.232 e. The summed E-state index contributed by atoms with van der Waals surface area (Å²) in [6, 6.07) is 21.5. The number of nitrogens with zero attached hydrogens (tertiary/aromatic N) is 4. The summed E-state index contributed by atoms with van der Waals surface area (Å²) in [5, 5.41) is 7.40. The molecule has 39 heavy (non-hydrogen) atoms. The summed E-state index contributed by atoms with van der Waals surface area (Å²) in [6.07, 6.45) is 4.29. The molecule has 2 aromatic carbocycles. The van der Waals surface area contributed by atoms with Crippen molar-refractivity contribution in [3.05, 3.63) is 77.4 Å². The van der Waals surface area contributed by atoms with Crippen LogP contribution in [0.3, 0.4) is 0 Å². The van der Waals surface area contributed by atoms with Crippen LogP contribution in [0.4, 0.5) is 17.6 Å². The number of fused-ring (bicyclic) bond motifs is 1. The Morgan fingerprint density at radius 1 is 0.923 bits per heavy atom. The Morgan fingerprint density at radius 2 is 1.54 bits per heavy atom. The molecule has 3 aromatic rings. The highest BCUT2D eigenvalue weighted by Gasteiger charge is 2.34. The molecular weight excluding hydrogens is 504 g/mol. The number of hydrogen-bond donors (Lipinski definition) is 2. The van der Waals surface area contributed by atoms with E-state index in [1.54, 1.807) is 0 Å². The van der Waals surface area contributed by atoms with E-state index in [2.05, 4.69) is 88.0 Å². The number of thiocarbonyl (C=S) groups is 1. The zero-order valence-corrected chi connectivity index (χ0v) is 23.6. The van der Waals surface area contributed by atoms with Gasteiger partial charge in [-0.25, -0.2) is 0 Å². The van der Waals surface area contributed by atoms with E-state index in [1.807, 2.05) is 0 Å². The number of aromatic nitrogens is 2. The molecule has 4 heterocycles. The zero-order chi connectivity index (χ0) is 26.7. The van der Waals surface area contributed by atoms with E-state index < -0.39 is 0 Å². The first-order chi connectivity index (χ1) is 19.1. The fraction of sp³-hybridized carbons (Fsp3) is 0.452. The number of rotatable bonds is 6. The third-order valence-corrected chi connectivity index (χ3v) is 8.87. The van der Waals surface area contributed by atoms with E-state index in [0.29, 0.717) is 11.1 Å². The van der Waals surface area contributed by atoms with Gasteiger partial charge in [0.15, 0.2) is 5.11 Å². The van der Waals surface area contributed by atoms with Gasteiger partial charge in [0.1, 0.15) is 11.6 Å². The van der Waals surface area contributed by atoms with Gasteiger partial charge in [-0.2, -0.15) is 9.97 Å². The Hall–Kier alpha value is -3.23. The molecule has 204 valence electrons. The second-order valence-corrected chi connectivity index (χ2v) is 11.7. The van der Waals surface area contributed by atoms with E-state index in [4.69, 9.17) is 26.9 Å². The first-order valence-corrected chi connectivity index (χ1v) is 14.6. The molecule has 0 unspecified atom stereocenters. The molecule has 0 spiro atoms. The fourth-order valence-electron chi connectivity index (χ4n) is 6.05. The van der Waals surface area contributed by atoms with E-state index in [-0.39, 0.29) is 5.41 Å². The van der Waals surface area contributed by atoms with Gasteiger partial charge >= 0.3 is 0 Å². The Bertz CT molecular complexity index is 1260. The lowest BCUT2D eigenvalue weighted by Gasteiger charge is -2.38.